The van der Waals surface area contributed by atoms with Crippen LogP contribution in [0.5, 0.6) is 0 Å². The fourth-order valence-electron chi connectivity index (χ4n) is 6.37. The van der Waals surface area contributed by atoms with E-state index < -0.39 is 6.10 Å². The third-order valence-corrected chi connectivity index (χ3v) is 8.01. The number of hydrogen-bond acceptors (Lipinski definition) is 2. The zero-order chi connectivity index (χ0) is 22.1. The van der Waals surface area contributed by atoms with Crippen LogP contribution in [0.4, 0.5) is 0 Å². The van der Waals surface area contributed by atoms with Gasteiger partial charge in [-0.2, -0.15) is 0 Å². The van der Waals surface area contributed by atoms with Crippen LogP contribution in [0.3, 0.4) is 0 Å². The van der Waals surface area contributed by atoms with Crippen LogP contribution in [0.25, 0.3) is 10.9 Å². The number of benzene rings is 2. The average molecular weight is 426 g/mol. The Morgan fingerprint density at radius 3 is 2.66 bits per heavy atom. The fourth-order valence-corrected chi connectivity index (χ4v) is 6.37. The van der Waals surface area contributed by atoms with Gasteiger partial charge < -0.3 is 9.59 Å². The van der Waals surface area contributed by atoms with Crippen LogP contribution >= 0.6 is 0 Å². The Balaban J connectivity index is 1.56. The van der Waals surface area contributed by atoms with Gasteiger partial charge in [0.25, 0.3) is 0 Å². The molecule has 5 atom stereocenters. The molecule has 6 rings (SSSR count). The molecule has 3 saturated heterocycles. The van der Waals surface area contributed by atoms with Crippen molar-refractivity contribution in [2.24, 2.45) is 11.8 Å². The van der Waals surface area contributed by atoms with Crippen molar-refractivity contribution in [2.45, 2.75) is 38.0 Å². The summed E-state index contributed by atoms with van der Waals surface area (Å²) in [5.41, 5.74) is 4.69. The van der Waals surface area contributed by atoms with Crippen LogP contribution in [0.2, 0.25) is 0 Å². The van der Waals surface area contributed by atoms with E-state index in [1.54, 1.807) is 0 Å². The smallest absolute Gasteiger partial charge is 0.131 e. The van der Waals surface area contributed by atoms with E-state index in [2.05, 4.69) is 54.5 Å². The summed E-state index contributed by atoms with van der Waals surface area (Å²) in [6, 6.07) is 19.1. The minimum Gasteiger partial charge on any atom is -0.382 e. The monoisotopic (exact) mass is 425 g/mol. The summed E-state index contributed by atoms with van der Waals surface area (Å²) >= 11 is 0. The largest absolute Gasteiger partial charge is 0.382 e. The summed E-state index contributed by atoms with van der Waals surface area (Å²) in [7, 11) is 0. The number of hydrogen-bond donors (Lipinski definition) is 1. The molecule has 32 heavy (non-hydrogen) atoms. The number of allylic oxidation sites excluding steroid dienone is 1. The molecule has 164 valence electrons. The summed E-state index contributed by atoms with van der Waals surface area (Å²) in [5.74, 6) is 1.14. The first-order chi connectivity index (χ1) is 15.6. The first-order valence-corrected chi connectivity index (χ1v) is 11.8. The predicted molar refractivity (Wildman–Crippen MR) is 131 cm³/mol. The highest BCUT2D eigenvalue weighted by molar-refractivity contribution is 5.82. The molecular weight excluding hydrogens is 392 g/mol. The predicted octanol–water partition coefficient (Wildman–Crippen LogP) is 5.61. The van der Waals surface area contributed by atoms with Crippen molar-refractivity contribution in [1.29, 1.82) is 0 Å². The van der Waals surface area contributed by atoms with E-state index in [1.165, 1.54) is 17.5 Å². The normalized spacial score (nSPS) is 27.8. The molecule has 0 saturated carbocycles. The molecule has 0 amide bonds. The van der Waals surface area contributed by atoms with Crippen LogP contribution in [-0.4, -0.2) is 33.7 Å². The second-order valence-corrected chi connectivity index (χ2v) is 9.66. The van der Waals surface area contributed by atoms with Gasteiger partial charge >= 0.3 is 0 Å². The van der Waals surface area contributed by atoms with Crippen molar-refractivity contribution >= 4 is 10.9 Å². The second-order valence-electron chi connectivity index (χ2n) is 9.66. The summed E-state index contributed by atoms with van der Waals surface area (Å²) in [6.07, 6.45) is 8.61. The molecule has 2 bridgehead atoms. The van der Waals surface area contributed by atoms with Crippen LogP contribution in [0.1, 0.15) is 35.6 Å². The Hall–Kier alpha value is -2.75. The number of aromatic nitrogens is 1. The van der Waals surface area contributed by atoms with Gasteiger partial charge in [0.05, 0.1) is 18.6 Å². The topological polar surface area (TPSA) is 33.1 Å². The molecule has 4 heterocycles. The van der Waals surface area contributed by atoms with Gasteiger partial charge in [-0.05, 0) is 35.6 Å². The van der Waals surface area contributed by atoms with E-state index in [-0.39, 0.29) is 6.04 Å². The standard InChI is InChI=1S/C29H33N2O/c1-3-9-22-10-5-6-11-24(22)20-31-17-15-23(21(4-2)19-31)18-28(31)29(32)26-14-16-30-27-13-8-7-12-25(26)27/h3-8,10-14,16,21,23,28-29,32H,1-2,9,15,17-20H2/q+1/t21-,23-,28-,29+,31?/m0/s1. The van der Waals surface area contributed by atoms with E-state index in [9.17, 15) is 5.11 Å². The SMILES string of the molecule is C=CCc1ccccc1C[N+]12CC[C@@H](C[C@H]1[C@H](O)c1ccnc3ccccc13)[C@@H](C=C)C2. The van der Waals surface area contributed by atoms with Gasteiger partial charge in [-0.1, -0.05) is 54.6 Å². The Morgan fingerprint density at radius 2 is 1.84 bits per heavy atom. The first kappa shape index (κ1) is 21.1. The maximum absolute atomic E-state index is 11.9. The molecule has 1 N–H and O–H groups in total. The van der Waals surface area contributed by atoms with E-state index in [1.807, 2.05) is 36.5 Å². The van der Waals surface area contributed by atoms with E-state index in [0.717, 1.165) is 53.4 Å². The van der Waals surface area contributed by atoms with Crippen molar-refractivity contribution < 1.29 is 9.59 Å². The molecule has 3 heteroatoms. The Kier molecular flexibility index (Phi) is 5.71. The summed E-state index contributed by atoms with van der Waals surface area (Å²) in [6.45, 7) is 11.2. The zero-order valence-electron chi connectivity index (χ0n) is 18.7. The van der Waals surface area contributed by atoms with Gasteiger partial charge in [-0.15, -0.1) is 13.2 Å². The Bertz CT molecular complexity index is 1130. The highest BCUT2D eigenvalue weighted by atomic mass is 16.3. The number of para-hydroxylation sites is 1. The van der Waals surface area contributed by atoms with Crippen molar-refractivity contribution in [1.82, 2.24) is 4.98 Å². The lowest BCUT2D eigenvalue weighted by molar-refractivity contribution is -0.985. The molecule has 3 aliphatic rings. The van der Waals surface area contributed by atoms with Gasteiger partial charge in [-0.3, -0.25) is 4.98 Å². The van der Waals surface area contributed by atoms with Crippen LogP contribution in [0.15, 0.2) is 86.1 Å². The average Bonchev–Trinajstić information content (AvgIpc) is 2.84. The lowest BCUT2D eigenvalue weighted by Gasteiger charge is -2.58. The molecule has 3 aliphatic heterocycles. The van der Waals surface area contributed by atoms with Crippen LogP contribution in [0, 0.1) is 11.8 Å². The number of fused-ring (bicyclic) bond motifs is 4. The molecule has 0 radical (unpaired) electrons. The first-order valence-electron chi connectivity index (χ1n) is 11.8. The third kappa shape index (κ3) is 3.60. The summed E-state index contributed by atoms with van der Waals surface area (Å²) in [5, 5.41) is 12.9. The highest BCUT2D eigenvalue weighted by Crippen LogP contribution is 2.48. The van der Waals surface area contributed by atoms with Crippen molar-refractivity contribution in [3.63, 3.8) is 0 Å². The maximum Gasteiger partial charge on any atom is 0.131 e. The molecule has 0 spiro atoms. The molecule has 3 nitrogen and oxygen atoms in total. The number of aliphatic hydroxyl groups is 1. The fraction of sp³-hybridized carbons (Fsp3) is 0.345. The van der Waals surface area contributed by atoms with E-state index >= 15 is 0 Å². The lowest BCUT2D eigenvalue weighted by Crippen LogP contribution is -2.67. The molecular formula is C29H33N2O+. The van der Waals surface area contributed by atoms with Gasteiger partial charge in [0, 0.05) is 35.9 Å². The quantitative estimate of drug-likeness (QED) is 0.394. The molecule has 1 aromatic heterocycles. The van der Waals surface area contributed by atoms with Gasteiger partial charge in [0.15, 0.2) is 0 Å². The lowest BCUT2D eigenvalue weighted by atomic mass is 9.71. The van der Waals surface area contributed by atoms with Crippen molar-refractivity contribution in [3.8, 4) is 0 Å². The van der Waals surface area contributed by atoms with Crippen LogP contribution < -0.4 is 0 Å². The summed E-state index contributed by atoms with van der Waals surface area (Å²) < 4.78 is 0.930. The van der Waals surface area contributed by atoms with E-state index in [4.69, 9.17) is 0 Å². The second kappa shape index (κ2) is 8.65. The van der Waals surface area contributed by atoms with Crippen LogP contribution in [-0.2, 0) is 13.0 Å². The van der Waals surface area contributed by atoms with Gasteiger partial charge in [0.2, 0.25) is 0 Å². The zero-order valence-corrected chi connectivity index (χ0v) is 18.7. The number of aliphatic hydroxyl groups excluding tert-OH is 1. The molecule has 3 aromatic rings. The van der Waals surface area contributed by atoms with Gasteiger partial charge in [0.1, 0.15) is 18.7 Å². The minimum atomic E-state index is -0.511. The highest BCUT2D eigenvalue weighted by Gasteiger charge is 2.54. The third-order valence-electron chi connectivity index (χ3n) is 8.01. The maximum atomic E-state index is 11.9. The number of piperidine rings is 3. The number of nitrogens with zero attached hydrogens (tertiary/aromatic N) is 2. The van der Waals surface area contributed by atoms with Crippen molar-refractivity contribution in [3.05, 3.63) is 103 Å². The minimum absolute atomic E-state index is 0.174. The summed E-state index contributed by atoms with van der Waals surface area (Å²) in [4.78, 5) is 4.52. The number of quaternary nitrogens is 1. The number of rotatable bonds is 7. The van der Waals surface area contributed by atoms with Gasteiger partial charge in [-0.25, -0.2) is 0 Å². The molecule has 3 fully saturated rings. The molecule has 0 aliphatic carbocycles. The van der Waals surface area contributed by atoms with E-state index in [0.29, 0.717) is 11.8 Å². The Morgan fingerprint density at radius 1 is 1.06 bits per heavy atom. The Labute approximate surface area is 191 Å². The molecule has 2 aromatic carbocycles. The van der Waals surface area contributed by atoms with Crippen molar-refractivity contribution in [2.75, 3.05) is 13.1 Å². The number of pyridine rings is 1. The molecule has 1 unspecified atom stereocenters.